The summed E-state index contributed by atoms with van der Waals surface area (Å²) in [6.45, 7) is 0. The Labute approximate surface area is 166 Å². The molecule has 0 saturated heterocycles. The van der Waals surface area contributed by atoms with Crippen LogP contribution in [0.25, 0.3) is 0 Å². The molecule has 0 radical (unpaired) electrons. The number of hydrogen-bond acceptors (Lipinski definition) is 5. The number of benzene rings is 2. The fraction of sp³-hybridized carbons (Fsp3) is 0.0714. The van der Waals surface area contributed by atoms with Gasteiger partial charge in [-0.2, -0.15) is 13.2 Å². The molecule has 11 heteroatoms. The Bertz CT molecular complexity index is 815. The molecule has 0 aromatic heterocycles. The first kappa shape index (κ1) is 21.2. The number of hydrogen-bond donors (Lipinski definition) is 1. The van der Waals surface area contributed by atoms with Crippen LogP contribution in [0.15, 0.2) is 41.6 Å². The van der Waals surface area contributed by atoms with E-state index < -0.39 is 16.7 Å². The molecule has 2 aromatic rings. The van der Waals surface area contributed by atoms with Gasteiger partial charge in [0.15, 0.2) is 0 Å². The third-order valence-electron chi connectivity index (χ3n) is 2.88. The van der Waals surface area contributed by atoms with Crippen LogP contribution in [0.4, 0.5) is 18.9 Å². The molecular weight excluding hydrogens is 376 g/mol. The van der Waals surface area contributed by atoms with Gasteiger partial charge in [0.1, 0.15) is 11.5 Å². The van der Waals surface area contributed by atoms with Gasteiger partial charge in [0.25, 0.3) is 5.69 Å². The molecule has 0 saturated carbocycles. The molecule has 0 aliphatic rings. The molecular formula is C14H9ClF3N2NaO4. The SMILES string of the molecule is O=[N+]([O-])c1ccc(Oc2ccc(C(F)(F)F)cc2Cl)cc1C=NO.[NaH]. The van der Waals surface area contributed by atoms with E-state index in [1.54, 1.807) is 0 Å². The molecule has 0 amide bonds. The van der Waals surface area contributed by atoms with Crippen molar-refractivity contribution in [3.8, 4) is 11.5 Å². The zero-order valence-corrected chi connectivity index (χ0v) is 12.4. The quantitative estimate of drug-likeness (QED) is 0.281. The Hall–Kier alpha value is -1.81. The number of nitro benzene ring substituents is 1. The van der Waals surface area contributed by atoms with Crippen molar-refractivity contribution in [3.63, 3.8) is 0 Å². The van der Waals surface area contributed by atoms with Crippen LogP contribution < -0.4 is 4.74 Å². The molecule has 1 N–H and O–H groups in total. The number of oxime groups is 1. The molecule has 128 valence electrons. The first-order valence-corrected chi connectivity index (χ1v) is 6.60. The van der Waals surface area contributed by atoms with Crippen LogP contribution in [0.1, 0.15) is 11.1 Å². The Balaban J connectivity index is 0.00000312. The van der Waals surface area contributed by atoms with E-state index >= 15 is 0 Å². The van der Waals surface area contributed by atoms with Crippen molar-refractivity contribution >= 4 is 53.1 Å². The van der Waals surface area contributed by atoms with Gasteiger partial charge in [-0.1, -0.05) is 16.8 Å². The number of alkyl halides is 3. The molecule has 2 rings (SSSR count). The van der Waals surface area contributed by atoms with E-state index in [0.717, 1.165) is 24.4 Å². The Kier molecular flexibility index (Phi) is 7.24. The van der Waals surface area contributed by atoms with Crippen LogP contribution in [0.2, 0.25) is 5.02 Å². The Morgan fingerprint density at radius 2 is 1.92 bits per heavy atom. The van der Waals surface area contributed by atoms with E-state index in [4.69, 9.17) is 21.5 Å². The molecule has 0 aliphatic carbocycles. The first-order valence-electron chi connectivity index (χ1n) is 6.23. The van der Waals surface area contributed by atoms with Crippen molar-refractivity contribution in [2.75, 3.05) is 0 Å². The van der Waals surface area contributed by atoms with Gasteiger partial charge in [-0.15, -0.1) is 0 Å². The zero-order valence-electron chi connectivity index (χ0n) is 11.6. The summed E-state index contributed by atoms with van der Waals surface area (Å²) in [7, 11) is 0. The summed E-state index contributed by atoms with van der Waals surface area (Å²) in [4.78, 5) is 10.2. The zero-order chi connectivity index (χ0) is 17.9. The topological polar surface area (TPSA) is 85.0 Å². The maximum atomic E-state index is 12.6. The molecule has 0 atom stereocenters. The van der Waals surface area contributed by atoms with E-state index in [1.807, 2.05) is 0 Å². The van der Waals surface area contributed by atoms with E-state index in [-0.39, 0.29) is 57.3 Å². The van der Waals surface area contributed by atoms with Crippen LogP contribution in [-0.2, 0) is 6.18 Å². The summed E-state index contributed by atoms with van der Waals surface area (Å²) in [5.41, 5.74) is -1.32. The van der Waals surface area contributed by atoms with E-state index in [0.29, 0.717) is 6.07 Å². The van der Waals surface area contributed by atoms with Gasteiger partial charge >= 0.3 is 35.7 Å². The minimum atomic E-state index is -4.54. The predicted molar refractivity (Wildman–Crippen MR) is 86.2 cm³/mol. The summed E-state index contributed by atoms with van der Waals surface area (Å²) in [6.07, 6.45) is -3.71. The van der Waals surface area contributed by atoms with Crippen LogP contribution in [0.3, 0.4) is 0 Å². The fourth-order valence-electron chi connectivity index (χ4n) is 1.81. The van der Waals surface area contributed by atoms with Gasteiger partial charge in [-0.25, -0.2) is 0 Å². The summed E-state index contributed by atoms with van der Waals surface area (Å²) < 4.78 is 43.1. The standard InChI is InChI=1S/C14H8ClF3N2O4.Na.H/c15-11-6-9(14(16,17)18)1-4-13(11)24-10-2-3-12(20(22)23)8(5-10)7-19-21;;/h1-7,21H;;. The molecule has 2 aromatic carbocycles. The van der Waals surface area contributed by atoms with E-state index in [2.05, 4.69) is 5.16 Å². The van der Waals surface area contributed by atoms with Crippen molar-refractivity contribution in [2.45, 2.75) is 6.18 Å². The molecule has 0 heterocycles. The van der Waals surface area contributed by atoms with E-state index in [9.17, 15) is 23.3 Å². The van der Waals surface area contributed by atoms with Crippen molar-refractivity contribution < 1.29 is 28.0 Å². The number of nitrogens with zero attached hydrogens (tertiary/aromatic N) is 2. The summed E-state index contributed by atoms with van der Waals surface area (Å²) in [5, 5.41) is 21.8. The molecule has 0 unspecified atom stereocenters. The van der Waals surface area contributed by atoms with Gasteiger partial charge < -0.3 is 9.94 Å². The second-order valence-electron chi connectivity index (χ2n) is 4.47. The van der Waals surface area contributed by atoms with Gasteiger partial charge in [-0.3, -0.25) is 10.1 Å². The average Bonchev–Trinajstić information content (AvgIpc) is 2.48. The summed E-state index contributed by atoms with van der Waals surface area (Å²) in [6, 6.07) is 6.06. The third kappa shape index (κ3) is 5.33. The second kappa shape index (κ2) is 8.52. The van der Waals surface area contributed by atoms with Gasteiger partial charge in [0.2, 0.25) is 0 Å². The number of ether oxygens (including phenoxy) is 1. The van der Waals surface area contributed by atoms with Crippen LogP contribution in [-0.4, -0.2) is 45.9 Å². The first-order chi connectivity index (χ1) is 11.2. The van der Waals surface area contributed by atoms with Crippen LogP contribution >= 0.6 is 11.6 Å². The van der Waals surface area contributed by atoms with Crippen LogP contribution in [0.5, 0.6) is 11.5 Å². The van der Waals surface area contributed by atoms with E-state index in [1.165, 1.54) is 12.1 Å². The summed E-state index contributed by atoms with van der Waals surface area (Å²) in [5.74, 6) is 0.00238. The van der Waals surface area contributed by atoms with Crippen molar-refractivity contribution in [1.29, 1.82) is 0 Å². The normalized spacial score (nSPS) is 11.2. The number of rotatable bonds is 4. The second-order valence-corrected chi connectivity index (χ2v) is 4.87. The third-order valence-corrected chi connectivity index (χ3v) is 3.17. The Morgan fingerprint density at radius 3 is 2.44 bits per heavy atom. The van der Waals surface area contributed by atoms with Crippen LogP contribution in [0, 0.1) is 10.1 Å². The number of nitro groups is 1. The molecule has 0 aliphatic heterocycles. The summed E-state index contributed by atoms with van der Waals surface area (Å²) >= 11 is 5.77. The minimum absolute atomic E-state index is 0. The molecule has 0 bridgehead atoms. The maximum absolute atomic E-state index is 12.6. The average molecular weight is 385 g/mol. The van der Waals surface area contributed by atoms with Crippen molar-refractivity contribution in [1.82, 2.24) is 0 Å². The van der Waals surface area contributed by atoms with Crippen molar-refractivity contribution in [3.05, 3.63) is 62.7 Å². The molecule has 6 nitrogen and oxygen atoms in total. The van der Waals surface area contributed by atoms with Gasteiger partial charge in [0, 0.05) is 6.07 Å². The predicted octanol–water partition coefficient (Wildman–Crippen LogP) is 4.22. The van der Waals surface area contributed by atoms with Gasteiger partial charge in [0.05, 0.1) is 27.3 Å². The molecule has 25 heavy (non-hydrogen) atoms. The molecule has 0 spiro atoms. The van der Waals surface area contributed by atoms with Crippen molar-refractivity contribution in [2.24, 2.45) is 5.16 Å². The number of halogens is 4. The monoisotopic (exact) mass is 384 g/mol. The Morgan fingerprint density at radius 1 is 1.24 bits per heavy atom. The molecule has 0 fully saturated rings. The van der Waals surface area contributed by atoms with Gasteiger partial charge in [-0.05, 0) is 30.3 Å². The fourth-order valence-corrected chi connectivity index (χ4v) is 2.03.